The summed E-state index contributed by atoms with van der Waals surface area (Å²) in [5.41, 5.74) is 16.4. The first-order valence-corrected chi connectivity index (χ1v) is 4.72. The molecule has 0 aliphatic heterocycles. The highest BCUT2D eigenvalue weighted by Gasteiger charge is 2.04. The largest absolute Gasteiger partial charge is 0.497 e. The predicted molar refractivity (Wildman–Crippen MR) is 73.9 cm³/mol. The van der Waals surface area contributed by atoms with Gasteiger partial charge in [0.25, 0.3) is 0 Å². The molecule has 0 saturated carbocycles. The Bertz CT molecular complexity index is 458. The van der Waals surface area contributed by atoms with Gasteiger partial charge in [0.15, 0.2) is 5.96 Å². The van der Waals surface area contributed by atoms with Gasteiger partial charge in [-0.2, -0.15) is 4.99 Å². The van der Waals surface area contributed by atoms with Crippen molar-refractivity contribution in [1.29, 1.82) is 0 Å². The van der Waals surface area contributed by atoms with Crippen LogP contribution >= 0.6 is 12.4 Å². The van der Waals surface area contributed by atoms with Crippen LogP contribution in [0.4, 0.5) is 5.69 Å². The van der Waals surface area contributed by atoms with Gasteiger partial charge in [-0.15, -0.1) is 12.4 Å². The quantitative estimate of drug-likeness (QED) is 0.542. The summed E-state index contributed by atoms with van der Waals surface area (Å²) in [6, 6.07) is 5.10. The molecule has 0 amide bonds. The van der Waals surface area contributed by atoms with E-state index in [1.807, 2.05) is 0 Å². The molecule has 18 heavy (non-hydrogen) atoms. The van der Waals surface area contributed by atoms with Crippen molar-refractivity contribution in [3.8, 4) is 11.5 Å². The summed E-state index contributed by atoms with van der Waals surface area (Å²) < 4.78 is 10.2. The number of nitrogens with two attached hydrogens (primary N) is 3. The van der Waals surface area contributed by atoms with Crippen LogP contribution in [0, 0.1) is 0 Å². The van der Waals surface area contributed by atoms with Crippen molar-refractivity contribution in [2.75, 3.05) is 14.2 Å². The lowest BCUT2D eigenvalue weighted by Gasteiger charge is -2.06. The summed E-state index contributed by atoms with van der Waals surface area (Å²) >= 11 is 0. The smallest absolute Gasteiger partial charge is 0.223 e. The maximum absolute atomic E-state index is 5.52. The third-order valence-electron chi connectivity index (χ3n) is 1.87. The fourth-order valence-corrected chi connectivity index (χ4v) is 1.16. The number of hydrogen-bond donors (Lipinski definition) is 3. The van der Waals surface area contributed by atoms with E-state index in [-0.39, 0.29) is 24.3 Å². The minimum absolute atomic E-state index is 0. The second-order valence-corrected chi connectivity index (χ2v) is 3.04. The Kier molecular flexibility index (Phi) is 6.37. The molecule has 0 aliphatic carbocycles. The van der Waals surface area contributed by atoms with E-state index in [9.17, 15) is 0 Å². The highest BCUT2D eigenvalue weighted by atomic mass is 35.5. The molecule has 8 heteroatoms. The number of ether oxygens (including phenoxy) is 2. The Morgan fingerprint density at radius 2 is 1.78 bits per heavy atom. The van der Waals surface area contributed by atoms with E-state index in [0.717, 1.165) is 0 Å². The maximum atomic E-state index is 5.52. The lowest BCUT2D eigenvalue weighted by atomic mass is 10.3. The van der Waals surface area contributed by atoms with Crippen LogP contribution in [0.25, 0.3) is 0 Å². The van der Waals surface area contributed by atoms with E-state index in [1.165, 1.54) is 7.11 Å². The predicted octanol–water partition coefficient (Wildman–Crippen LogP) is 0.345. The van der Waals surface area contributed by atoms with Crippen molar-refractivity contribution in [3.05, 3.63) is 18.2 Å². The standard InChI is InChI=1S/C10H15N5O2.ClH/c1-16-6-3-4-7(8(5-6)17-2)14-10(13)15-9(11)12;/h3-5H,1-2H3,(H6,11,12,13,14,15);1H. The minimum atomic E-state index is -0.154. The lowest BCUT2D eigenvalue weighted by molar-refractivity contribution is 0.395. The molecule has 100 valence electrons. The third-order valence-corrected chi connectivity index (χ3v) is 1.87. The average molecular weight is 274 g/mol. The first-order valence-electron chi connectivity index (χ1n) is 4.72. The monoisotopic (exact) mass is 273 g/mol. The average Bonchev–Trinajstić information content (AvgIpc) is 2.28. The number of aliphatic imine (C=N–C) groups is 2. The summed E-state index contributed by atoms with van der Waals surface area (Å²) in [7, 11) is 3.08. The van der Waals surface area contributed by atoms with E-state index < -0.39 is 0 Å². The first-order chi connectivity index (χ1) is 8.06. The molecule has 6 N–H and O–H groups in total. The van der Waals surface area contributed by atoms with Crippen LogP contribution in [0.2, 0.25) is 0 Å². The molecular weight excluding hydrogens is 258 g/mol. The van der Waals surface area contributed by atoms with Gasteiger partial charge in [-0.05, 0) is 12.1 Å². The molecule has 0 saturated heterocycles. The van der Waals surface area contributed by atoms with Crippen molar-refractivity contribution >= 4 is 30.0 Å². The van der Waals surface area contributed by atoms with Gasteiger partial charge in [0, 0.05) is 6.07 Å². The Morgan fingerprint density at radius 3 is 2.28 bits per heavy atom. The van der Waals surface area contributed by atoms with Crippen LogP contribution in [-0.4, -0.2) is 26.1 Å². The van der Waals surface area contributed by atoms with Gasteiger partial charge in [0.05, 0.1) is 14.2 Å². The number of guanidine groups is 2. The molecule has 7 nitrogen and oxygen atoms in total. The molecule has 0 atom stereocenters. The lowest BCUT2D eigenvalue weighted by Crippen LogP contribution is -2.26. The molecule has 1 rings (SSSR count). The molecule has 0 aromatic heterocycles. The van der Waals surface area contributed by atoms with Crippen LogP contribution in [0.15, 0.2) is 28.2 Å². The molecule has 1 aromatic rings. The van der Waals surface area contributed by atoms with Crippen LogP contribution in [-0.2, 0) is 0 Å². The number of hydrogen-bond acceptors (Lipinski definition) is 3. The van der Waals surface area contributed by atoms with E-state index in [4.69, 9.17) is 26.7 Å². The topological polar surface area (TPSA) is 121 Å². The minimum Gasteiger partial charge on any atom is -0.497 e. The van der Waals surface area contributed by atoms with E-state index in [1.54, 1.807) is 25.3 Å². The molecular formula is C10H16ClN5O2. The van der Waals surface area contributed by atoms with E-state index in [2.05, 4.69) is 9.98 Å². The van der Waals surface area contributed by atoms with Gasteiger partial charge in [-0.3, -0.25) is 0 Å². The van der Waals surface area contributed by atoms with Crippen molar-refractivity contribution in [2.45, 2.75) is 0 Å². The second kappa shape index (κ2) is 7.23. The molecule has 0 fully saturated rings. The van der Waals surface area contributed by atoms with E-state index >= 15 is 0 Å². The fourth-order valence-electron chi connectivity index (χ4n) is 1.16. The molecule has 0 unspecified atom stereocenters. The van der Waals surface area contributed by atoms with Crippen molar-refractivity contribution < 1.29 is 9.47 Å². The molecule has 0 aliphatic rings. The van der Waals surface area contributed by atoms with Crippen LogP contribution < -0.4 is 26.7 Å². The SMILES string of the molecule is COc1ccc(N=C(N)N=C(N)N)c(OC)c1.Cl. The number of methoxy groups -OCH3 is 2. The molecule has 0 heterocycles. The number of nitrogens with zero attached hydrogens (tertiary/aromatic N) is 2. The van der Waals surface area contributed by atoms with Gasteiger partial charge in [0.2, 0.25) is 5.96 Å². The van der Waals surface area contributed by atoms with Gasteiger partial charge in [-0.25, -0.2) is 4.99 Å². The summed E-state index contributed by atoms with van der Waals surface area (Å²) in [5, 5.41) is 0. The summed E-state index contributed by atoms with van der Waals surface area (Å²) in [5.74, 6) is 0.964. The highest BCUT2D eigenvalue weighted by molar-refractivity contribution is 5.93. The summed E-state index contributed by atoms with van der Waals surface area (Å²) in [4.78, 5) is 7.62. The third kappa shape index (κ3) is 4.38. The van der Waals surface area contributed by atoms with Gasteiger partial charge >= 0.3 is 0 Å². The zero-order valence-electron chi connectivity index (χ0n) is 10.1. The van der Waals surface area contributed by atoms with Gasteiger partial charge < -0.3 is 26.7 Å². The van der Waals surface area contributed by atoms with Crippen LogP contribution in [0.3, 0.4) is 0 Å². The van der Waals surface area contributed by atoms with Crippen molar-refractivity contribution in [2.24, 2.45) is 27.2 Å². The molecule has 0 bridgehead atoms. The molecule has 1 aromatic carbocycles. The Labute approximate surface area is 111 Å². The van der Waals surface area contributed by atoms with E-state index in [0.29, 0.717) is 17.2 Å². The molecule has 0 spiro atoms. The summed E-state index contributed by atoms with van der Waals surface area (Å²) in [6.07, 6.45) is 0. The van der Waals surface area contributed by atoms with Crippen LogP contribution in [0.1, 0.15) is 0 Å². The van der Waals surface area contributed by atoms with Crippen molar-refractivity contribution in [1.82, 2.24) is 0 Å². The Morgan fingerprint density at radius 1 is 1.11 bits per heavy atom. The number of benzene rings is 1. The molecule has 0 radical (unpaired) electrons. The number of rotatable bonds is 3. The van der Waals surface area contributed by atoms with Crippen LogP contribution in [0.5, 0.6) is 11.5 Å². The fraction of sp³-hybridized carbons (Fsp3) is 0.200. The number of halogens is 1. The maximum Gasteiger partial charge on any atom is 0.223 e. The zero-order chi connectivity index (χ0) is 12.8. The second-order valence-electron chi connectivity index (χ2n) is 3.04. The van der Waals surface area contributed by atoms with Gasteiger partial charge in [0.1, 0.15) is 17.2 Å². The first kappa shape index (κ1) is 15.9. The summed E-state index contributed by atoms with van der Waals surface area (Å²) in [6.45, 7) is 0. The highest BCUT2D eigenvalue weighted by Crippen LogP contribution is 2.31. The normalized spacial score (nSPS) is 10.2. The Balaban J connectivity index is 0.00000289. The Hall–Kier alpha value is -2.15. The van der Waals surface area contributed by atoms with Crippen molar-refractivity contribution in [3.63, 3.8) is 0 Å². The zero-order valence-corrected chi connectivity index (χ0v) is 10.9. The van der Waals surface area contributed by atoms with Gasteiger partial charge in [-0.1, -0.05) is 0 Å².